The molecule has 55 heavy (non-hydrogen) atoms. The Labute approximate surface area is 323 Å². The maximum absolute atomic E-state index is 14.4. The number of thiazole rings is 1. The summed E-state index contributed by atoms with van der Waals surface area (Å²) in [7, 11) is 3.05. The Morgan fingerprint density at radius 3 is 2.36 bits per heavy atom. The van der Waals surface area contributed by atoms with E-state index >= 15 is 0 Å². The zero-order chi connectivity index (χ0) is 39.6. The van der Waals surface area contributed by atoms with Crippen LogP contribution in [0.15, 0.2) is 48.4 Å². The Kier molecular flexibility index (Phi) is 11.5. The van der Waals surface area contributed by atoms with Crippen molar-refractivity contribution in [3.05, 3.63) is 48.4 Å². The molecule has 2 aliphatic carbocycles. The van der Waals surface area contributed by atoms with E-state index in [1.54, 1.807) is 25.1 Å². The van der Waals surface area contributed by atoms with Crippen molar-refractivity contribution in [1.82, 2.24) is 25.5 Å². The largest absolute Gasteiger partial charge is 0.493 e. The van der Waals surface area contributed by atoms with E-state index < -0.39 is 53.5 Å². The molecule has 2 aromatic heterocycles. The van der Waals surface area contributed by atoms with Crippen LogP contribution < -0.4 is 30.2 Å². The number of carbonyl (C=O) groups excluding carboxylic acids is 3. The van der Waals surface area contributed by atoms with Crippen LogP contribution in [0, 0.1) is 5.92 Å². The molecule has 2 saturated carbocycles. The van der Waals surface area contributed by atoms with E-state index in [1.807, 2.05) is 19.2 Å². The van der Waals surface area contributed by atoms with Crippen molar-refractivity contribution in [2.24, 2.45) is 5.92 Å². The SMILES string of the molecule is C=C[C@@H]1C[C@]1(NC(=O)[C@@H]1C[C@@H](Oc2cc(-c3csc(NC(C)C)n3)nc3cc(OC)c(OC)cc23)CN1C(=O)[C@@H](NC(=O)OC1CCCC1)C(=C)C)C(=O)O. The Bertz CT molecular complexity index is 1990. The fourth-order valence-corrected chi connectivity index (χ4v) is 8.05. The van der Waals surface area contributed by atoms with Crippen LogP contribution in [-0.4, -0.2) is 100 Å². The van der Waals surface area contributed by atoms with E-state index in [2.05, 4.69) is 29.1 Å². The van der Waals surface area contributed by atoms with E-state index in [-0.39, 0.29) is 31.5 Å². The molecule has 5 atom stereocenters. The van der Waals surface area contributed by atoms with Gasteiger partial charge in [-0.25, -0.2) is 19.6 Å². The molecule has 3 amide bonds. The number of anilines is 1. The number of methoxy groups -OCH3 is 2. The van der Waals surface area contributed by atoms with Crippen LogP contribution in [0.3, 0.4) is 0 Å². The average Bonchev–Trinajstić information content (AvgIpc) is 3.55. The van der Waals surface area contributed by atoms with Gasteiger partial charge < -0.3 is 44.9 Å². The number of hydrogen-bond acceptors (Lipinski definition) is 12. The third kappa shape index (κ3) is 8.33. The number of carboxylic acid groups (broad SMARTS) is 1. The third-order valence-electron chi connectivity index (χ3n) is 10.2. The molecule has 3 aliphatic rings. The quantitative estimate of drug-likeness (QED) is 0.146. The van der Waals surface area contributed by atoms with Crippen LogP contribution in [0.5, 0.6) is 17.2 Å². The molecule has 0 radical (unpaired) electrons. The lowest BCUT2D eigenvalue weighted by Crippen LogP contribution is -2.56. The number of carbonyl (C=O) groups is 4. The summed E-state index contributed by atoms with van der Waals surface area (Å²) >= 11 is 1.44. The normalized spacial score (nSPS) is 22.5. The number of ether oxygens (including phenoxy) is 4. The summed E-state index contributed by atoms with van der Waals surface area (Å²) in [6.45, 7) is 13.2. The topological polar surface area (TPSA) is 191 Å². The molecular weight excluding hydrogens is 729 g/mol. The molecule has 15 nitrogen and oxygen atoms in total. The van der Waals surface area contributed by atoms with Crippen molar-refractivity contribution in [1.29, 1.82) is 0 Å². The molecule has 6 rings (SSSR count). The van der Waals surface area contributed by atoms with E-state index in [0.717, 1.165) is 30.8 Å². The molecule has 1 saturated heterocycles. The highest BCUT2D eigenvalue weighted by molar-refractivity contribution is 7.14. The smallest absolute Gasteiger partial charge is 0.408 e. The fourth-order valence-electron chi connectivity index (χ4n) is 7.20. The van der Waals surface area contributed by atoms with Crippen molar-refractivity contribution < 1.29 is 43.2 Å². The zero-order valence-corrected chi connectivity index (χ0v) is 32.5. The first-order valence-electron chi connectivity index (χ1n) is 18.3. The summed E-state index contributed by atoms with van der Waals surface area (Å²) in [5.41, 5.74) is 0.440. The molecule has 1 aliphatic heterocycles. The maximum atomic E-state index is 14.4. The number of aliphatic carboxylic acids is 1. The first kappa shape index (κ1) is 39.3. The van der Waals surface area contributed by atoms with Gasteiger partial charge in [-0.2, -0.15) is 0 Å². The van der Waals surface area contributed by atoms with Crippen molar-refractivity contribution in [2.45, 2.75) is 95.2 Å². The number of fused-ring (bicyclic) bond motifs is 1. The minimum atomic E-state index is -1.54. The van der Waals surface area contributed by atoms with Crippen LogP contribution in [0.4, 0.5) is 9.93 Å². The fraction of sp³-hybridized carbons (Fsp3) is 0.487. The van der Waals surface area contributed by atoms with E-state index in [9.17, 15) is 24.3 Å². The van der Waals surface area contributed by atoms with Gasteiger partial charge in [-0.3, -0.25) is 9.59 Å². The van der Waals surface area contributed by atoms with Gasteiger partial charge in [-0.05, 0) is 64.5 Å². The lowest BCUT2D eigenvalue weighted by atomic mass is 10.1. The third-order valence-corrected chi connectivity index (χ3v) is 11.0. The molecule has 4 N–H and O–H groups in total. The summed E-state index contributed by atoms with van der Waals surface area (Å²) in [5, 5.41) is 21.9. The number of aromatic nitrogens is 2. The van der Waals surface area contributed by atoms with E-state index in [1.165, 1.54) is 36.5 Å². The number of benzene rings is 1. The van der Waals surface area contributed by atoms with Crippen LogP contribution in [0.2, 0.25) is 0 Å². The lowest BCUT2D eigenvalue weighted by molar-refractivity contribution is -0.145. The number of nitrogens with one attached hydrogen (secondary N) is 3. The minimum Gasteiger partial charge on any atom is -0.493 e. The first-order valence-corrected chi connectivity index (χ1v) is 19.2. The number of rotatable bonds is 15. The van der Waals surface area contributed by atoms with Gasteiger partial charge in [0, 0.05) is 41.3 Å². The van der Waals surface area contributed by atoms with Crippen LogP contribution in [0.1, 0.15) is 59.3 Å². The summed E-state index contributed by atoms with van der Waals surface area (Å²) < 4.78 is 23.4. The summed E-state index contributed by atoms with van der Waals surface area (Å²) in [4.78, 5) is 64.6. The second kappa shape index (κ2) is 16.2. The number of carboxylic acids is 1. The molecule has 0 bridgehead atoms. The second-order valence-electron chi connectivity index (χ2n) is 14.6. The molecule has 294 valence electrons. The van der Waals surface area contributed by atoms with E-state index in [4.69, 9.17) is 28.9 Å². The van der Waals surface area contributed by atoms with Crippen LogP contribution in [0.25, 0.3) is 22.3 Å². The van der Waals surface area contributed by atoms with Crippen molar-refractivity contribution in [3.8, 4) is 28.6 Å². The lowest BCUT2D eigenvalue weighted by Gasteiger charge is -2.29. The molecule has 3 heterocycles. The Morgan fingerprint density at radius 2 is 1.75 bits per heavy atom. The zero-order valence-electron chi connectivity index (χ0n) is 31.7. The van der Waals surface area contributed by atoms with Gasteiger partial charge in [-0.1, -0.05) is 12.7 Å². The Morgan fingerprint density at radius 1 is 1.04 bits per heavy atom. The second-order valence-corrected chi connectivity index (χ2v) is 15.5. The highest BCUT2D eigenvalue weighted by Gasteiger charge is 2.61. The minimum absolute atomic E-state index is 0.00700. The molecule has 0 unspecified atom stereocenters. The Hall–Kier alpha value is -5.38. The van der Waals surface area contributed by atoms with Crippen LogP contribution >= 0.6 is 11.3 Å². The average molecular weight is 777 g/mol. The predicted octanol–water partition coefficient (Wildman–Crippen LogP) is 5.30. The van der Waals surface area contributed by atoms with Gasteiger partial charge >= 0.3 is 12.1 Å². The van der Waals surface area contributed by atoms with Gasteiger partial charge in [0.15, 0.2) is 16.6 Å². The van der Waals surface area contributed by atoms with E-state index in [0.29, 0.717) is 45.1 Å². The summed E-state index contributed by atoms with van der Waals surface area (Å²) in [5.74, 6) is -1.67. The predicted molar refractivity (Wildman–Crippen MR) is 207 cm³/mol. The molecular formula is C39H48N6O9S. The monoisotopic (exact) mass is 776 g/mol. The number of likely N-dealkylation sites (tertiary alicyclic amines) is 1. The number of hydrogen-bond donors (Lipinski definition) is 4. The highest BCUT2D eigenvalue weighted by atomic mass is 32.1. The van der Waals surface area contributed by atoms with Gasteiger partial charge in [0.05, 0.1) is 32.0 Å². The van der Waals surface area contributed by atoms with Crippen molar-refractivity contribution >= 4 is 51.2 Å². The first-order chi connectivity index (χ1) is 26.3. The van der Waals surface area contributed by atoms with Gasteiger partial charge in [-0.15, -0.1) is 17.9 Å². The number of pyridine rings is 1. The van der Waals surface area contributed by atoms with Gasteiger partial charge in [0.25, 0.3) is 0 Å². The van der Waals surface area contributed by atoms with Crippen molar-refractivity contribution in [2.75, 3.05) is 26.1 Å². The van der Waals surface area contributed by atoms with Gasteiger partial charge in [0.2, 0.25) is 11.8 Å². The molecule has 1 aromatic carbocycles. The highest BCUT2D eigenvalue weighted by Crippen LogP contribution is 2.45. The molecule has 3 aromatic rings. The van der Waals surface area contributed by atoms with Crippen LogP contribution in [-0.2, 0) is 19.1 Å². The van der Waals surface area contributed by atoms with Gasteiger partial charge in [0.1, 0.15) is 41.3 Å². The number of nitrogens with zero attached hydrogens (tertiary/aromatic N) is 3. The molecule has 3 fully saturated rings. The van der Waals surface area contributed by atoms with Crippen molar-refractivity contribution in [3.63, 3.8) is 0 Å². The summed E-state index contributed by atoms with van der Waals surface area (Å²) in [6, 6.07) is 3.02. The Balaban J connectivity index is 1.34. The number of amides is 3. The number of alkyl carbamates (subject to hydrolysis) is 1. The maximum Gasteiger partial charge on any atom is 0.408 e. The standard InChI is InChI=1S/C39H48N6O9S/c1-8-22-17-39(22,36(48)49)44-34(46)29-13-24(18-45(29)35(47)33(20(2)3)43-38(50)54-23-11-9-10-12-23)53-30-16-27(28-19-55-37(42-28)40-21(4)5)41-26-15-32(52-7)31(51-6)14-25(26)30/h8,14-16,19,21-24,29,33H,1-2,9-13,17-18H2,3-7H3,(H,40,42)(H,43,50)(H,44,46)(H,48,49)/t22-,24-,29+,33+,39-/m1/s1. The molecule has 16 heteroatoms. The summed E-state index contributed by atoms with van der Waals surface area (Å²) in [6.07, 6.45) is 3.30. The molecule has 0 spiro atoms.